The predicted molar refractivity (Wildman–Crippen MR) is 83.5 cm³/mol. The minimum absolute atomic E-state index is 0.0526. The van der Waals surface area contributed by atoms with Gasteiger partial charge in [0.2, 0.25) is 10.0 Å². The molecule has 0 spiro atoms. The number of hydrogen-bond acceptors (Lipinski definition) is 3. The van der Waals surface area contributed by atoms with Gasteiger partial charge in [0.05, 0.1) is 22.9 Å². The van der Waals surface area contributed by atoms with E-state index in [0.717, 1.165) is 18.2 Å². The van der Waals surface area contributed by atoms with Crippen molar-refractivity contribution < 1.29 is 26.0 Å². The molecule has 9 heteroatoms. The smallest absolute Gasteiger partial charge is 0.283 e. The van der Waals surface area contributed by atoms with E-state index in [1.54, 1.807) is 6.07 Å². The van der Waals surface area contributed by atoms with E-state index >= 15 is 0 Å². The van der Waals surface area contributed by atoms with Crippen molar-refractivity contribution in [3.63, 3.8) is 0 Å². The number of nitrogens with one attached hydrogen (secondary N) is 1. The average Bonchev–Trinajstić information content (AvgIpc) is 2.50. The van der Waals surface area contributed by atoms with Crippen LogP contribution in [0.1, 0.15) is 22.3 Å². The Hall–Kier alpha value is -2.60. The lowest BCUT2D eigenvalue weighted by Gasteiger charge is -2.14. The fraction of sp³-hybridized carbons (Fsp3) is 0.188. The number of aryl methyl sites for hydroxylation is 1. The van der Waals surface area contributed by atoms with Gasteiger partial charge in [-0.3, -0.25) is 4.72 Å². The van der Waals surface area contributed by atoms with Crippen molar-refractivity contribution in [2.75, 3.05) is 4.72 Å². The van der Waals surface area contributed by atoms with E-state index < -0.39 is 33.3 Å². The van der Waals surface area contributed by atoms with Crippen LogP contribution in [-0.4, -0.2) is 8.42 Å². The Morgan fingerprint density at radius 1 is 1.16 bits per heavy atom. The number of rotatable bonds is 4. The van der Waals surface area contributed by atoms with Crippen molar-refractivity contribution in [3.05, 3.63) is 64.5 Å². The molecule has 1 N–H and O–H groups in total. The summed E-state index contributed by atoms with van der Waals surface area (Å²) in [6.45, 7) is 1.25. The van der Waals surface area contributed by atoms with Crippen molar-refractivity contribution in [2.24, 2.45) is 0 Å². The summed E-state index contributed by atoms with van der Waals surface area (Å²) < 4.78 is 78.6. The molecule has 0 amide bonds. The first kappa shape index (κ1) is 18.7. The lowest BCUT2D eigenvalue weighted by atomic mass is 10.1. The Morgan fingerprint density at radius 3 is 2.44 bits per heavy atom. The predicted octanol–water partition coefficient (Wildman–Crippen LogP) is 3.97. The SMILES string of the molecule is Cc1ccc(NS(=O)(=O)Cc2cc(C#N)ccc2F)cc1C(F)(F)F. The molecule has 0 aromatic heterocycles. The molecule has 0 aliphatic rings. The molecule has 25 heavy (non-hydrogen) atoms. The maximum absolute atomic E-state index is 13.7. The number of benzene rings is 2. The van der Waals surface area contributed by atoms with Crippen LogP contribution in [0.25, 0.3) is 0 Å². The molecule has 0 aliphatic heterocycles. The van der Waals surface area contributed by atoms with Gasteiger partial charge in [0.15, 0.2) is 0 Å². The molecule has 4 nitrogen and oxygen atoms in total. The third-order valence-electron chi connectivity index (χ3n) is 3.34. The van der Waals surface area contributed by atoms with Crippen molar-refractivity contribution in [3.8, 4) is 6.07 Å². The second-order valence-electron chi connectivity index (χ2n) is 5.31. The standard InChI is InChI=1S/C16H12F4N2O2S/c1-10-2-4-13(7-14(10)16(18,19)20)22-25(23,24)9-12-6-11(8-21)3-5-15(12)17/h2-7,22H,9H2,1H3. The van der Waals surface area contributed by atoms with Gasteiger partial charge in [-0.1, -0.05) is 6.07 Å². The van der Waals surface area contributed by atoms with E-state index in [0.29, 0.717) is 6.07 Å². The lowest BCUT2D eigenvalue weighted by Crippen LogP contribution is -2.17. The molecule has 132 valence electrons. The zero-order chi connectivity index (χ0) is 18.8. The molecule has 0 aliphatic carbocycles. The summed E-state index contributed by atoms with van der Waals surface area (Å²) in [5, 5.41) is 8.78. The number of sulfonamides is 1. The third kappa shape index (κ3) is 4.70. The second kappa shape index (κ2) is 6.72. The normalized spacial score (nSPS) is 11.8. The van der Waals surface area contributed by atoms with Crippen LogP contribution in [0.3, 0.4) is 0 Å². The lowest BCUT2D eigenvalue weighted by molar-refractivity contribution is -0.138. The highest BCUT2D eigenvalue weighted by Gasteiger charge is 2.32. The number of nitrogens with zero attached hydrogens (tertiary/aromatic N) is 1. The molecule has 2 rings (SSSR count). The molecule has 0 bridgehead atoms. The van der Waals surface area contributed by atoms with Gasteiger partial charge in [0.1, 0.15) is 5.82 Å². The zero-order valence-electron chi connectivity index (χ0n) is 12.9. The second-order valence-corrected chi connectivity index (χ2v) is 7.03. The number of alkyl halides is 3. The molecule has 2 aromatic carbocycles. The summed E-state index contributed by atoms with van der Waals surface area (Å²) in [7, 11) is -4.18. The summed E-state index contributed by atoms with van der Waals surface area (Å²) in [6.07, 6.45) is -4.63. The van der Waals surface area contributed by atoms with E-state index in [9.17, 15) is 26.0 Å². The van der Waals surface area contributed by atoms with Crippen LogP contribution in [0.5, 0.6) is 0 Å². The first-order valence-corrected chi connectivity index (χ1v) is 8.54. The average molecular weight is 372 g/mol. The highest BCUT2D eigenvalue weighted by atomic mass is 32.2. The summed E-state index contributed by atoms with van der Waals surface area (Å²) >= 11 is 0. The quantitative estimate of drug-likeness (QED) is 0.826. The molecule has 0 unspecified atom stereocenters. The molecule has 2 aromatic rings. The Balaban J connectivity index is 2.30. The summed E-state index contributed by atoms with van der Waals surface area (Å²) in [5.41, 5.74) is -1.49. The van der Waals surface area contributed by atoms with E-state index in [1.807, 2.05) is 4.72 Å². The molecular formula is C16H12F4N2O2S. The first-order chi connectivity index (χ1) is 11.5. The topological polar surface area (TPSA) is 70.0 Å². The van der Waals surface area contributed by atoms with Crippen molar-refractivity contribution >= 4 is 15.7 Å². The van der Waals surface area contributed by atoms with Gasteiger partial charge in [-0.15, -0.1) is 0 Å². The van der Waals surface area contributed by atoms with Crippen LogP contribution in [-0.2, 0) is 22.0 Å². The van der Waals surface area contributed by atoms with Crippen molar-refractivity contribution in [1.82, 2.24) is 0 Å². The fourth-order valence-electron chi connectivity index (χ4n) is 2.17. The third-order valence-corrected chi connectivity index (χ3v) is 4.57. The number of anilines is 1. The van der Waals surface area contributed by atoms with Gasteiger partial charge in [0.25, 0.3) is 0 Å². The Bertz CT molecular complexity index is 948. The maximum Gasteiger partial charge on any atom is 0.416 e. The van der Waals surface area contributed by atoms with Gasteiger partial charge in [-0.25, -0.2) is 12.8 Å². The zero-order valence-corrected chi connectivity index (χ0v) is 13.7. The van der Waals surface area contributed by atoms with Gasteiger partial charge < -0.3 is 0 Å². The van der Waals surface area contributed by atoms with Crippen molar-refractivity contribution in [1.29, 1.82) is 5.26 Å². The Morgan fingerprint density at radius 2 is 1.84 bits per heavy atom. The van der Waals surface area contributed by atoms with Crippen molar-refractivity contribution in [2.45, 2.75) is 18.9 Å². The monoisotopic (exact) mass is 372 g/mol. The van der Waals surface area contributed by atoms with Gasteiger partial charge in [0, 0.05) is 11.3 Å². The number of hydrogen-bond donors (Lipinski definition) is 1. The fourth-order valence-corrected chi connectivity index (χ4v) is 3.36. The van der Waals surface area contributed by atoms with E-state index in [2.05, 4.69) is 0 Å². The van der Waals surface area contributed by atoms with Gasteiger partial charge >= 0.3 is 6.18 Å². The summed E-state index contributed by atoms with van der Waals surface area (Å²) in [4.78, 5) is 0. The van der Waals surface area contributed by atoms with Crippen LogP contribution in [0.2, 0.25) is 0 Å². The molecular weight excluding hydrogens is 360 g/mol. The minimum Gasteiger partial charge on any atom is -0.283 e. The molecule has 0 fully saturated rings. The van der Waals surface area contributed by atoms with Gasteiger partial charge in [-0.2, -0.15) is 18.4 Å². The largest absolute Gasteiger partial charge is 0.416 e. The highest BCUT2D eigenvalue weighted by Crippen LogP contribution is 2.33. The summed E-state index contributed by atoms with van der Waals surface area (Å²) in [5.74, 6) is -1.65. The molecule has 0 radical (unpaired) electrons. The Labute approximate surface area is 141 Å². The number of nitriles is 1. The first-order valence-electron chi connectivity index (χ1n) is 6.89. The van der Waals surface area contributed by atoms with Crippen LogP contribution < -0.4 is 4.72 Å². The van der Waals surface area contributed by atoms with Crippen LogP contribution in [0.15, 0.2) is 36.4 Å². The van der Waals surface area contributed by atoms with Crippen LogP contribution in [0.4, 0.5) is 23.2 Å². The van der Waals surface area contributed by atoms with E-state index in [1.165, 1.54) is 19.1 Å². The molecule has 0 saturated carbocycles. The van der Waals surface area contributed by atoms with E-state index in [-0.39, 0.29) is 22.4 Å². The number of halogens is 4. The van der Waals surface area contributed by atoms with E-state index in [4.69, 9.17) is 5.26 Å². The Kier molecular flexibility index (Phi) is 5.04. The highest BCUT2D eigenvalue weighted by molar-refractivity contribution is 7.91. The van der Waals surface area contributed by atoms with Gasteiger partial charge in [-0.05, 0) is 42.8 Å². The minimum atomic E-state index is -4.63. The maximum atomic E-state index is 13.7. The molecule has 0 saturated heterocycles. The van der Waals surface area contributed by atoms with Crippen LogP contribution >= 0.6 is 0 Å². The van der Waals surface area contributed by atoms with Crippen LogP contribution in [0, 0.1) is 24.1 Å². The molecule has 0 heterocycles. The summed E-state index contributed by atoms with van der Waals surface area (Å²) in [6, 6.07) is 7.97. The molecule has 0 atom stereocenters.